The SMILES string of the molecule is CCNCc1cc(S(=O)(=O)NCc2ccc(Cl)s2)c[nH]1. The van der Waals surface area contributed by atoms with Crippen molar-refractivity contribution >= 4 is 33.0 Å². The highest BCUT2D eigenvalue weighted by molar-refractivity contribution is 7.89. The molecule has 0 aliphatic heterocycles. The monoisotopic (exact) mass is 333 g/mol. The molecule has 0 unspecified atom stereocenters. The molecule has 3 N–H and O–H groups in total. The maximum Gasteiger partial charge on any atom is 0.242 e. The predicted molar refractivity (Wildman–Crippen MR) is 81.5 cm³/mol. The van der Waals surface area contributed by atoms with Gasteiger partial charge >= 0.3 is 0 Å². The Balaban J connectivity index is 2.00. The Hall–Kier alpha value is -0.860. The van der Waals surface area contributed by atoms with Crippen molar-refractivity contribution in [1.82, 2.24) is 15.0 Å². The molecule has 2 rings (SSSR count). The number of thiophene rings is 1. The second kappa shape index (κ2) is 6.73. The Morgan fingerprint density at radius 2 is 2.15 bits per heavy atom. The van der Waals surface area contributed by atoms with E-state index in [4.69, 9.17) is 11.6 Å². The van der Waals surface area contributed by atoms with Crippen LogP contribution in [0.5, 0.6) is 0 Å². The summed E-state index contributed by atoms with van der Waals surface area (Å²) in [6.07, 6.45) is 1.50. The van der Waals surface area contributed by atoms with Gasteiger partial charge in [-0.2, -0.15) is 0 Å². The second-order valence-corrected chi connectivity index (χ2v) is 7.74. The molecule has 0 atom stereocenters. The molecule has 0 aliphatic rings. The standard InChI is InChI=1S/C12H16ClN3O2S2/c1-2-14-6-9-5-11(8-15-9)20(17,18)16-7-10-3-4-12(13)19-10/h3-5,8,14-16H,2,6-7H2,1H3. The molecule has 0 spiro atoms. The van der Waals surface area contributed by atoms with Crippen molar-refractivity contribution in [2.45, 2.75) is 24.9 Å². The molecule has 8 heteroatoms. The van der Waals surface area contributed by atoms with Crippen LogP contribution >= 0.6 is 22.9 Å². The Bertz CT molecular complexity index is 664. The summed E-state index contributed by atoms with van der Waals surface area (Å²) in [6.45, 7) is 3.69. The van der Waals surface area contributed by atoms with Gasteiger partial charge in [0.2, 0.25) is 10.0 Å². The van der Waals surface area contributed by atoms with Crippen LogP contribution in [0.15, 0.2) is 29.3 Å². The van der Waals surface area contributed by atoms with Gasteiger partial charge in [0.05, 0.1) is 9.23 Å². The molecule has 2 aromatic heterocycles. The van der Waals surface area contributed by atoms with Crippen LogP contribution in [0.2, 0.25) is 4.34 Å². The highest BCUT2D eigenvalue weighted by Gasteiger charge is 2.16. The molecule has 0 saturated heterocycles. The molecule has 0 aliphatic carbocycles. The van der Waals surface area contributed by atoms with Crippen molar-refractivity contribution in [3.8, 4) is 0 Å². The van der Waals surface area contributed by atoms with E-state index < -0.39 is 10.0 Å². The maximum atomic E-state index is 12.1. The van der Waals surface area contributed by atoms with E-state index in [0.29, 0.717) is 10.9 Å². The van der Waals surface area contributed by atoms with E-state index in [1.165, 1.54) is 17.5 Å². The zero-order valence-electron chi connectivity index (χ0n) is 10.9. The first-order valence-corrected chi connectivity index (χ1v) is 8.81. The summed E-state index contributed by atoms with van der Waals surface area (Å²) in [5, 5.41) is 3.13. The van der Waals surface area contributed by atoms with Crippen LogP contribution in [0.25, 0.3) is 0 Å². The molecule has 0 saturated carbocycles. The molecule has 20 heavy (non-hydrogen) atoms. The van der Waals surface area contributed by atoms with E-state index in [2.05, 4.69) is 15.0 Å². The molecule has 0 amide bonds. The van der Waals surface area contributed by atoms with Crippen molar-refractivity contribution < 1.29 is 8.42 Å². The lowest BCUT2D eigenvalue weighted by Crippen LogP contribution is -2.22. The second-order valence-electron chi connectivity index (χ2n) is 4.17. The quantitative estimate of drug-likeness (QED) is 0.728. The summed E-state index contributed by atoms with van der Waals surface area (Å²) in [5.41, 5.74) is 0.839. The lowest BCUT2D eigenvalue weighted by Gasteiger charge is -2.02. The van der Waals surface area contributed by atoms with Crippen molar-refractivity contribution in [1.29, 1.82) is 0 Å². The van der Waals surface area contributed by atoms with Crippen LogP contribution in [0, 0.1) is 0 Å². The number of hydrogen-bond acceptors (Lipinski definition) is 4. The van der Waals surface area contributed by atoms with Gasteiger partial charge in [-0.05, 0) is 24.7 Å². The van der Waals surface area contributed by atoms with E-state index in [-0.39, 0.29) is 11.4 Å². The van der Waals surface area contributed by atoms with E-state index in [0.717, 1.165) is 17.1 Å². The van der Waals surface area contributed by atoms with Crippen molar-refractivity contribution in [2.75, 3.05) is 6.54 Å². The van der Waals surface area contributed by atoms with Gasteiger partial charge in [-0.3, -0.25) is 0 Å². The summed E-state index contributed by atoms with van der Waals surface area (Å²) in [5.74, 6) is 0. The first-order chi connectivity index (χ1) is 9.51. The van der Waals surface area contributed by atoms with Crippen molar-refractivity contribution in [3.63, 3.8) is 0 Å². The summed E-state index contributed by atoms with van der Waals surface area (Å²) in [7, 11) is -3.50. The number of H-pyrrole nitrogens is 1. The molecule has 0 radical (unpaired) electrons. The van der Waals surface area contributed by atoms with Gasteiger partial charge in [-0.25, -0.2) is 13.1 Å². The van der Waals surface area contributed by atoms with Crippen LogP contribution in [0.4, 0.5) is 0 Å². The Morgan fingerprint density at radius 3 is 2.80 bits per heavy atom. The van der Waals surface area contributed by atoms with Crippen LogP contribution in [-0.2, 0) is 23.1 Å². The minimum absolute atomic E-state index is 0.243. The molecule has 0 bridgehead atoms. The fourth-order valence-corrected chi connectivity index (χ4v) is 3.77. The van der Waals surface area contributed by atoms with E-state index >= 15 is 0 Å². The maximum absolute atomic E-state index is 12.1. The fourth-order valence-electron chi connectivity index (χ4n) is 1.63. The van der Waals surface area contributed by atoms with Crippen LogP contribution in [0.3, 0.4) is 0 Å². The molecular formula is C12H16ClN3O2S2. The van der Waals surface area contributed by atoms with Crippen molar-refractivity contribution in [2.24, 2.45) is 0 Å². The number of sulfonamides is 1. The first-order valence-electron chi connectivity index (χ1n) is 6.13. The highest BCUT2D eigenvalue weighted by Crippen LogP contribution is 2.21. The van der Waals surface area contributed by atoms with E-state index in [1.54, 1.807) is 12.1 Å². The fraction of sp³-hybridized carbons (Fsp3) is 0.333. The zero-order valence-corrected chi connectivity index (χ0v) is 13.3. The summed E-state index contributed by atoms with van der Waals surface area (Å²) in [4.78, 5) is 4.07. The average Bonchev–Trinajstić information content (AvgIpc) is 3.03. The lowest BCUT2D eigenvalue weighted by atomic mass is 10.4. The van der Waals surface area contributed by atoms with Crippen LogP contribution < -0.4 is 10.0 Å². The Labute approximate surface area is 127 Å². The molecule has 2 heterocycles. The Kier molecular flexibility index (Phi) is 5.22. The van der Waals surface area contributed by atoms with Gasteiger partial charge in [0.1, 0.15) is 0 Å². The van der Waals surface area contributed by atoms with Crippen LogP contribution in [-0.4, -0.2) is 19.9 Å². The van der Waals surface area contributed by atoms with E-state index in [9.17, 15) is 8.42 Å². The normalized spacial score (nSPS) is 11.9. The minimum Gasteiger partial charge on any atom is -0.363 e. The van der Waals surface area contributed by atoms with Gasteiger partial charge in [0.15, 0.2) is 0 Å². The summed E-state index contributed by atoms with van der Waals surface area (Å²) in [6, 6.07) is 5.19. The molecular weight excluding hydrogens is 318 g/mol. The zero-order chi connectivity index (χ0) is 14.6. The third-order valence-corrected chi connectivity index (χ3v) is 5.27. The van der Waals surface area contributed by atoms with Crippen molar-refractivity contribution in [3.05, 3.63) is 39.3 Å². The first kappa shape index (κ1) is 15.5. The third kappa shape index (κ3) is 4.07. The minimum atomic E-state index is -3.50. The van der Waals surface area contributed by atoms with Gasteiger partial charge in [0, 0.05) is 29.9 Å². The highest BCUT2D eigenvalue weighted by atomic mass is 35.5. The average molecular weight is 334 g/mol. The summed E-state index contributed by atoms with van der Waals surface area (Å²) >= 11 is 7.17. The molecule has 110 valence electrons. The molecule has 0 fully saturated rings. The summed E-state index contributed by atoms with van der Waals surface area (Å²) < 4.78 is 27.4. The molecule has 0 aromatic carbocycles. The number of aromatic nitrogens is 1. The number of nitrogens with one attached hydrogen (secondary N) is 3. The molecule has 5 nitrogen and oxygen atoms in total. The molecule has 2 aromatic rings. The lowest BCUT2D eigenvalue weighted by molar-refractivity contribution is 0.582. The topological polar surface area (TPSA) is 74.0 Å². The number of aromatic amines is 1. The Morgan fingerprint density at radius 1 is 1.35 bits per heavy atom. The van der Waals surface area contributed by atoms with Gasteiger partial charge in [-0.1, -0.05) is 18.5 Å². The largest absolute Gasteiger partial charge is 0.363 e. The van der Waals surface area contributed by atoms with Crippen LogP contribution in [0.1, 0.15) is 17.5 Å². The van der Waals surface area contributed by atoms with E-state index in [1.807, 2.05) is 13.0 Å². The van der Waals surface area contributed by atoms with Gasteiger partial charge < -0.3 is 10.3 Å². The number of halogens is 1. The van der Waals surface area contributed by atoms with Gasteiger partial charge in [0.25, 0.3) is 0 Å². The number of rotatable bonds is 7. The third-order valence-electron chi connectivity index (χ3n) is 2.66. The number of hydrogen-bond donors (Lipinski definition) is 3. The van der Waals surface area contributed by atoms with Gasteiger partial charge in [-0.15, -0.1) is 11.3 Å². The predicted octanol–water partition coefficient (Wildman–Crippen LogP) is 2.32. The smallest absolute Gasteiger partial charge is 0.242 e.